The van der Waals surface area contributed by atoms with Crippen molar-refractivity contribution in [1.29, 1.82) is 0 Å². The van der Waals surface area contributed by atoms with Crippen LogP contribution in [0.5, 0.6) is 0 Å². The van der Waals surface area contributed by atoms with Gasteiger partial charge in [-0.15, -0.1) is 0 Å². The summed E-state index contributed by atoms with van der Waals surface area (Å²) < 4.78 is 0.966. The number of nitrogens with one attached hydrogen (secondary N) is 1. The first-order valence-electron chi connectivity index (χ1n) is 7.45. The molecule has 0 radical (unpaired) electrons. The molecule has 0 spiro atoms. The van der Waals surface area contributed by atoms with Gasteiger partial charge < -0.3 is 5.32 Å². The highest BCUT2D eigenvalue weighted by molar-refractivity contribution is 9.10. The lowest BCUT2D eigenvalue weighted by Gasteiger charge is -2.32. The number of nitrogens with zero attached hydrogens (tertiary/aromatic N) is 1. The molecule has 2 aliphatic heterocycles. The average molecular weight is 337 g/mol. The summed E-state index contributed by atoms with van der Waals surface area (Å²) in [6, 6.07) is 6.75. The Morgan fingerprint density at radius 2 is 2.10 bits per heavy atom. The van der Waals surface area contributed by atoms with Crippen molar-refractivity contribution in [3.8, 4) is 0 Å². The van der Waals surface area contributed by atoms with Crippen LogP contribution in [0.15, 0.2) is 22.7 Å². The second-order valence-electron chi connectivity index (χ2n) is 5.98. The van der Waals surface area contributed by atoms with Gasteiger partial charge in [0.15, 0.2) is 0 Å². The number of hydrogen-bond donors (Lipinski definition) is 1. The van der Waals surface area contributed by atoms with E-state index in [9.17, 15) is 4.79 Å². The summed E-state index contributed by atoms with van der Waals surface area (Å²) in [7, 11) is 0. The summed E-state index contributed by atoms with van der Waals surface area (Å²) in [5.41, 5.74) is 1.86. The van der Waals surface area contributed by atoms with Crippen molar-refractivity contribution < 1.29 is 4.79 Å². The van der Waals surface area contributed by atoms with E-state index in [2.05, 4.69) is 26.1 Å². The zero-order chi connectivity index (χ0) is 14.1. The van der Waals surface area contributed by atoms with E-state index >= 15 is 0 Å². The first kappa shape index (κ1) is 14.1. The number of aryl methyl sites for hydroxylation is 1. The van der Waals surface area contributed by atoms with Crippen molar-refractivity contribution in [3.63, 3.8) is 0 Å². The molecule has 1 aromatic rings. The number of rotatable bonds is 2. The lowest BCUT2D eigenvalue weighted by atomic mass is 9.98. The molecule has 2 saturated heterocycles. The number of halogens is 1. The highest BCUT2D eigenvalue weighted by Gasteiger charge is 2.36. The fourth-order valence-corrected chi connectivity index (χ4v) is 4.14. The molecule has 2 aliphatic rings. The average Bonchev–Trinajstić information content (AvgIpc) is 2.81. The Labute approximate surface area is 128 Å². The van der Waals surface area contributed by atoms with Crippen LogP contribution >= 0.6 is 15.9 Å². The second-order valence-corrected chi connectivity index (χ2v) is 6.90. The quantitative estimate of drug-likeness (QED) is 0.899. The molecule has 1 N–H and O–H groups in total. The Morgan fingerprint density at radius 3 is 2.90 bits per heavy atom. The zero-order valence-electron chi connectivity index (χ0n) is 11.9. The molecule has 2 atom stereocenters. The van der Waals surface area contributed by atoms with Gasteiger partial charge in [0.2, 0.25) is 0 Å². The maximum absolute atomic E-state index is 12.4. The smallest absolute Gasteiger partial charge is 0.251 e. The summed E-state index contributed by atoms with van der Waals surface area (Å²) >= 11 is 3.46. The van der Waals surface area contributed by atoms with Crippen LogP contribution in [-0.2, 0) is 0 Å². The highest BCUT2D eigenvalue weighted by Crippen LogP contribution is 2.27. The molecule has 1 amide bonds. The van der Waals surface area contributed by atoms with Gasteiger partial charge in [0.05, 0.1) is 0 Å². The van der Waals surface area contributed by atoms with Crippen LogP contribution in [-0.4, -0.2) is 36.0 Å². The molecule has 0 bridgehead atoms. The van der Waals surface area contributed by atoms with E-state index in [0.29, 0.717) is 12.1 Å². The number of hydrogen-bond acceptors (Lipinski definition) is 2. The van der Waals surface area contributed by atoms with Crippen molar-refractivity contribution in [2.75, 3.05) is 13.1 Å². The Balaban J connectivity index is 1.69. The van der Waals surface area contributed by atoms with Gasteiger partial charge in [-0.3, -0.25) is 9.69 Å². The van der Waals surface area contributed by atoms with Gasteiger partial charge in [-0.2, -0.15) is 0 Å². The van der Waals surface area contributed by atoms with Crippen molar-refractivity contribution >= 4 is 21.8 Å². The summed E-state index contributed by atoms with van der Waals surface area (Å²) in [4.78, 5) is 15.0. The fourth-order valence-electron chi connectivity index (χ4n) is 3.53. The zero-order valence-corrected chi connectivity index (χ0v) is 13.4. The summed E-state index contributed by atoms with van der Waals surface area (Å²) in [6.07, 6.45) is 4.91. The minimum atomic E-state index is 0.0619. The minimum Gasteiger partial charge on any atom is -0.348 e. The van der Waals surface area contributed by atoms with Crippen molar-refractivity contribution in [2.24, 2.45) is 0 Å². The molecule has 3 nitrogen and oxygen atoms in total. The minimum absolute atomic E-state index is 0.0619. The molecule has 1 aromatic carbocycles. The van der Waals surface area contributed by atoms with Gasteiger partial charge in [0, 0.05) is 28.7 Å². The fraction of sp³-hybridized carbons (Fsp3) is 0.562. The maximum Gasteiger partial charge on any atom is 0.251 e. The molecule has 2 fully saturated rings. The van der Waals surface area contributed by atoms with E-state index in [4.69, 9.17) is 0 Å². The van der Waals surface area contributed by atoms with Crippen LogP contribution in [0.4, 0.5) is 0 Å². The molecule has 0 aliphatic carbocycles. The molecule has 3 rings (SSSR count). The molecule has 0 saturated carbocycles. The maximum atomic E-state index is 12.4. The highest BCUT2D eigenvalue weighted by atomic mass is 79.9. The van der Waals surface area contributed by atoms with Crippen LogP contribution in [0.1, 0.15) is 41.6 Å². The van der Waals surface area contributed by atoms with E-state index in [1.54, 1.807) is 0 Å². The summed E-state index contributed by atoms with van der Waals surface area (Å²) in [6.45, 7) is 4.35. The van der Waals surface area contributed by atoms with Gasteiger partial charge in [0.25, 0.3) is 5.91 Å². The SMILES string of the molecule is Cc1cc(Br)cc(C(=O)NC2CCN3CCCCC23)c1. The Morgan fingerprint density at radius 1 is 1.25 bits per heavy atom. The molecule has 4 heteroatoms. The number of piperidine rings is 1. The third kappa shape index (κ3) is 2.91. The van der Waals surface area contributed by atoms with Gasteiger partial charge in [-0.05, 0) is 56.5 Å². The summed E-state index contributed by atoms with van der Waals surface area (Å²) in [5, 5.41) is 3.25. The molecule has 2 unspecified atom stereocenters. The van der Waals surface area contributed by atoms with Crippen LogP contribution in [0, 0.1) is 6.92 Å². The molecule has 20 heavy (non-hydrogen) atoms. The van der Waals surface area contributed by atoms with Crippen LogP contribution in [0.2, 0.25) is 0 Å². The van der Waals surface area contributed by atoms with Gasteiger partial charge >= 0.3 is 0 Å². The first-order valence-corrected chi connectivity index (χ1v) is 8.25. The molecular weight excluding hydrogens is 316 g/mol. The Kier molecular flexibility index (Phi) is 4.13. The van der Waals surface area contributed by atoms with Crippen molar-refractivity contribution in [2.45, 2.75) is 44.7 Å². The van der Waals surface area contributed by atoms with Gasteiger partial charge in [0.1, 0.15) is 0 Å². The third-order valence-electron chi connectivity index (χ3n) is 4.48. The molecule has 108 valence electrons. The summed E-state index contributed by atoms with van der Waals surface area (Å²) in [5.74, 6) is 0.0619. The molecule has 0 aromatic heterocycles. The van der Waals surface area contributed by atoms with Crippen LogP contribution in [0.25, 0.3) is 0 Å². The predicted octanol–water partition coefficient (Wildman–Crippen LogP) is 3.11. The first-order chi connectivity index (χ1) is 9.63. The van der Waals surface area contributed by atoms with Crippen molar-refractivity contribution in [1.82, 2.24) is 10.2 Å². The van der Waals surface area contributed by atoms with Crippen LogP contribution in [0.3, 0.4) is 0 Å². The standard InChI is InChI=1S/C16H21BrN2O/c1-11-8-12(10-13(17)9-11)16(20)18-14-5-7-19-6-3-2-4-15(14)19/h8-10,14-15H,2-7H2,1H3,(H,18,20). The van der Waals surface area contributed by atoms with Gasteiger partial charge in [-0.25, -0.2) is 0 Å². The lowest BCUT2D eigenvalue weighted by Crippen LogP contribution is -2.46. The predicted molar refractivity (Wildman–Crippen MR) is 84.0 cm³/mol. The topological polar surface area (TPSA) is 32.3 Å². The number of carbonyl (C=O) groups excluding carboxylic acids is 1. The normalized spacial score (nSPS) is 26.3. The lowest BCUT2D eigenvalue weighted by molar-refractivity contribution is 0.0915. The van der Waals surface area contributed by atoms with E-state index in [0.717, 1.165) is 28.6 Å². The number of benzene rings is 1. The van der Waals surface area contributed by atoms with Crippen molar-refractivity contribution in [3.05, 3.63) is 33.8 Å². The molecular formula is C16H21BrN2O. The monoisotopic (exact) mass is 336 g/mol. The van der Waals surface area contributed by atoms with E-state index in [1.165, 1.54) is 25.8 Å². The Hall–Kier alpha value is -0.870. The number of fused-ring (bicyclic) bond motifs is 1. The van der Waals surface area contributed by atoms with E-state index in [1.807, 2.05) is 25.1 Å². The number of amides is 1. The van der Waals surface area contributed by atoms with E-state index in [-0.39, 0.29) is 5.91 Å². The van der Waals surface area contributed by atoms with Crippen LogP contribution < -0.4 is 5.32 Å². The molecule has 2 heterocycles. The van der Waals surface area contributed by atoms with Gasteiger partial charge in [-0.1, -0.05) is 22.4 Å². The third-order valence-corrected chi connectivity index (χ3v) is 4.93. The van der Waals surface area contributed by atoms with E-state index < -0.39 is 0 Å². The second kappa shape index (κ2) is 5.86. The Bertz CT molecular complexity index is 497. The number of carbonyl (C=O) groups is 1. The largest absolute Gasteiger partial charge is 0.348 e.